The van der Waals surface area contributed by atoms with Crippen molar-refractivity contribution in [1.29, 1.82) is 0 Å². The van der Waals surface area contributed by atoms with Crippen molar-refractivity contribution < 1.29 is 9.47 Å². The molecule has 0 fully saturated rings. The van der Waals surface area contributed by atoms with Crippen molar-refractivity contribution in [3.63, 3.8) is 0 Å². The quantitative estimate of drug-likeness (QED) is 0.779. The number of benzene rings is 1. The third-order valence-corrected chi connectivity index (χ3v) is 3.12. The van der Waals surface area contributed by atoms with Gasteiger partial charge in [0.2, 0.25) is 0 Å². The predicted molar refractivity (Wildman–Crippen MR) is 76.9 cm³/mol. The molecule has 0 spiro atoms. The van der Waals surface area contributed by atoms with Crippen LogP contribution in [-0.2, 0) is 10.8 Å². The minimum absolute atomic E-state index is 0.0277. The summed E-state index contributed by atoms with van der Waals surface area (Å²) in [6.07, 6.45) is 0. The van der Waals surface area contributed by atoms with Gasteiger partial charge < -0.3 is 9.47 Å². The highest BCUT2D eigenvalue weighted by Crippen LogP contribution is 2.42. The van der Waals surface area contributed by atoms with E-state index in [2.05, 4.69) is 53.7 Å². The van der Waals surface area contributed by atoms with E-state index in [0.29, 0.717) is 0 Å². The van der Waals surface area contributed by atoms with E-state index in [4.69, 9.17) is 9.47 Å². The van der Waals surface area contributed by atoms with Gasteiger partial charge in [0.1, 0.15) is 11.5 Å². The van der Waals surface area contributed by atoms with Crippen molar-refractivity contribution in [2.45, 2.75) is 52.4 Å². The minimum atomic E-state index is 0.0277. The van der Waals surface area contributed by atoms with Crippen molar-refractivity contribution in [2.75, 3.05) is 14.2 Å². The van der Waals surface area contributed by atoms with Crippen LogP contribution in [0, 0.1) is 0 Å². The van der Waals surface area contributed by atoms with Crippen LogP contribution in [0.2, 0.25) is 0 Å². The Labute approximate surface area is 111 Å². The first-order chi connectivity index (χ1) is 8.11. The van der Waals surface area contributed by atoms with Crippen LogP contribution in [0.25, 0.3) is 0 Å². The smallest absolute Gasteiger partial charge is 0.126 e. The molecule has 0 atom stereocenters. The second-order valence-corrected chi connectivity index (χ2v) is 6.76. The molecule has 0 saturated heterocycles. The second-order valence-electron chi connectivity index (χ2n) is 6.76. The number of hydrogen-bond acceptors (Lipinski definition) is 2. The number of methoxy groups -OCH3 is 2. The summed E-state index contributed by atoms with van der Waals surface area (Å²) in [6.45, 7) is 13.1. The normalized spacial score (nSPS) is 12.4. The van der Waals surface area contributed by atoms with E-state index in [0.717, 1.165) is 11.5 Å². The van der Waals surface area contributed by atoms with Crippen LogP contribution in [0.1, 0.15) is 52.7 Å². The molecule has 0 aromatic heterocycles. The molecule has 0 bridgehead atoms. The van der Waals surface area contributed by atoms with Gasteiger partial charge in [-0.1, -0.05) is 41.5 Å². The molecular formula is C16H26O2. The predicted octanol–water partition coefficient (Wildman–Crippen LogP) is 4.30. The Morgan fingerprint density at radius 2 is 1.11 bits per heavy atom. The molecule has 0 radical (unpaired) electrons. The standard InChI is InChI=1S/C16H26O2/c1-15(2,3)12-9-11(17-7)10-13(14(12)18-8)16(4,5)6/h9-10H,1-8H3. The molecule has 1 aromatic rings. The molecule has 18 heavy (non-hydrogen) atoms. The second kappa shape index (κ2) is 4.83. The maximum atomic E-state index is 5.67. The topological polar surface area (TPSA) is 18.5 Å². The highest BCUT2D eigenvalue weighted by Gasteiger charge is 2.27. The number of hydrogen-bond donors (Lipinski definition) is 0. The van der Waals surface area contributed by atoms with Gasteiger partial charge in [0.25, 0.3) is 0 Å². The zero-order chi connectivity index (χ0) is 14.1. The lowest BCUT2D eigenvalue weighted by Gasteiger charge is -2.29. The SMILES string of the molecule is COc1cc(C(C)(C)C)c(OC)c(C(C)(C)C)c1. The van der Waals surface area contributed by atoms with Gasteiger partial charge in [0, 0.05) is 11.1 Å². The van der Waals surface area contributed by atoms with E-state index in [1.807, 2.05) is 0 Å². The van der Waals surface area contributed by atoms with Gasteiger partial charge >= 0.3 is 0 Å². The van der Waals surface area contributed by atoms with E-state index in [-0.39, 0.29) is 10.8 Å². The molecule has 1 aromatic carbocycles. The van der Waals surface area contributed by atoms with Gasteiger partial charge in [-0.05, 0) is 23.0 Å². The average molecular weight is 250 g/mol. The Hall–Kier alpha value is -1.18. The highest BCUT2D eigenvalue weighted by atomic mass is 16.5. The maximum Gasteiger partial charge on any atom is 0.126 e. The lowest BCUT2D eigenvalue weighted by atomic mass is 9.79. The summed E-state index contributed by atoms with van der Waals surface area (Å²) in [5, 5.41) is 0. The van der Waals surface area contributed by atoms with Gasteiger partial charge in [0.15, 0.2) is 0 Å². The zero-order valence-corrected chi connectivity index (χ0v) is 13.0. The van der Waals surface area contributed by atoms with Crippen LogP contribution in [-0.4, -0.2) is 14.2 Å². The largest absolute Gasteiger partial charge is 0.497 e. The molecule has 0 aliphatic carbocycles. The lowest BCUT2D eigenvalue weighted by molar-refractivity contribution is 0.372. The Morgan fingerprint density at radius 1 is 0.722 bits per heavy atom. The molecule has 2 nitrogen and oxygen atoms in total. The van der Waals surface area contributed by atoms with E-state index in [1.165, 1.54) is 11.1 Å². The van der Waals surface area contributed by atoms with E-state index in [9.17, 15) is 0 Å². The van der Waals surface area contributed by atoms with Crippen molar-refractivity contribution in [1.82, 2.24) is 0 Å². The van der Waals surface area contributed by atoms with Crippen molar-refractivity contribution in [3.05, 3.63) is 23.3 Å². The third kappa shape index (κ3) is 2.98. The fraction of sp³-hybridized carbons (Fsp3) is 0.625. The molecule has 0 aliphatic rings. The van der Waals surface area contributed by atoms with Crippen LogP contribution in [0.15, 0.2) is 12.1 Å². The lowest BCUT2D eigenvalue weighted by Crippen LogP contribution is -2.19. The molecule has 2 heteroatoms. The molecule has 0 heterocycles. The zero-order valence-electron chi connectivity index (χ0n) is 13.0. The Bertz CT molecular complexity index is 385. The van der Waals surface area contributed by atoms with Crippen molar-refractivity contribution in [3.8, 4) is 11.5 Å². The van der Waals surface area contributed by atoms with E-state index < -0.39 is 0 Å². The van der Waals surface area contributed by atoms with Crippen LogP contribution < -0.4 is 9.47 Å². The summed E-state index contributed by atoms with van der Waals surface area (Å²) in [5.41, 5.74) is 2.43. The molecule has 0 saturated carbocycles. The summed E-state index contributed by atoms with van der Waals surface area (Å²) in [5.74, 6) is 1.88. The minimum Gasteiger partial charge on any atom is -0.497 e. The summed E-state index contributed by atoms with van der Waals surface area (Å²) in [4.78, 5) is 0. The van der Waals surface area contributed by atoms with Crippen molar-refractivity contribution in [2.24, 2.45) is 0 Å². The molecule has 0 unspecified atom stereocenters. The van der Waals surface area contributed by atoms with Crippen LogP contribution in [0.5, 0.6) is 11.5 Å². The maximum absolute atomic E-state index is 5.67. The summed E-state index contributed by atoms with van der Waals surface area (Å²) in [6, 6.07) is 4.15. The molecule has 0 N–H and O–H groups in total. The Balaban J connectivity index is 3.61. The van der Waals surface area contributed by atoms with Gasteiger partial charge in [-0.25, -0.2) is 0 Å². The van der Waals surface area contributed by atoms with Gasteiger partial charge in [-0.15, -0.1) is 0 Å². The molecular weight excluding hydrogens is 224 g/mol. The molecule has 102 valence electrons. The molecule has 0 amide bonds. The summed E-state index contributed by atoms with van der Waals surface area (Å²) in [7, 11) is 3.45. The first-order valence-corrected chi connectivity index (χ1v) is 6.38. The van der Waals surface area contributed by atoms with Crippen molar-refractivity contribution >= 4 is 0 Å². The van der Waals surface area contributed by atoms with Gasteiger partial charge in [-0.3, -0.25) is 0 Å². The number of rotatable bonds is 2. The Morgan fingerprint density at radius 3 is 1.33 bits per heavy atom. The summed E-state index contributed by atoms with van der Waals surface area (Å²) < 4.78 is 11.1. The van der Waals surface area contributed by atoms with Gasteiger partial charge in [-0.2, -0.15) is 0 Å². The average Bonchev–Trinajstić information content (AvgIpc) is 2.24. The van der Waals surface area contributed by atoms with Crippen LogP contribution >= 0.6 is 0 Å². The third-order valence-electron chi connectivity index (χ3n) is 3.12. The first-order valence-electron chi connectivity index (χ1n) is 6.38. The number of ether oxygens (including phenoxy) is 2. The highest BCUT2D eigenvalue weighted by molar-refractivity contribution is 5.52. The van der Waals surface area contributed by atoms with Crippen LogP contribution in [0.4, 0.5) is 0 Å². The van der Waals surface area contributed by atoms with Crippen LogP contribution in [0.3, 0.4) is 0 Å². The first kappa shape index (κ1) is 14.9. The van der Waals surface area contributed by atoms with E-state index >= 15 is 0 Å². The van der Waals surface area contributed by atoms with E-state index in [1.54, 1.807) is 14.2 Å². The fourth-order valence-corrected chi connectivity index (χ4v) is 2.05. The molecule has 1 rings (SSSR count). The summed E-state index contributed by atoms with van der Waals surface area (Å²) >= 11 is 0. The monoisotopic (exact) mass is 250 g/mol. The van der Waals surface area contributed by atoms with Gasteiger partial charge in [0.05, 0.1) is 14.2 Å². The fourth-order valence-electron chi connectivity index (χ4n) is 2.05. The Kier molecular flexibility index (Phi) is 3.99. The molecule has 0 aliphatic heterocycles.